The van der Waals surface area contributed by atoms with E-state index in [4.69, 9.17) is 4.42 Å². The van der Waals surface area contributed by atoms with Gasteiger partial charge in [0.25, 0.3) is 5.91 Å². The Kier molecular flexibility index (Phi) is 5.87. The highest BCUT2D eigenvalue weighted by Crippen LogP contribution is 2.35. The van der Waals surface area contributed by atoms with Crippen LogP contribution in [-0.4, -0.2) is 42.1 Å². The van der Waals surface area contributed by atoms with Crippen molar-refractivity contribution >= 4 is 34.7 Å². The Labute approximate surface area is 193 Å². The van der Waals surface area contributed by atoms with Gasteiger partial charge in [-0.25, -0.2) is 5.01 Å². The summed E-state index contributed by atoms with van der Waals surface area (Å²) < 4.78 is 7.61. The number of amides is 1. The minimum atomic E-state index is -0.244. The molecule has 1 unspecified atom stereocenters. The van der Waals surface area contributed by atoms with E-state index in [0.717, 1.165) is 27.7 Å². The molecular weight excluding hydrogens is 444 g/mol. The van der Waals surface area contributed by atoms with Crippen molar-refractivity contribution in [2.45, 2.75) is 31.1 Å². The Bertz CT molecular complexity index is 1220. The first-order valence-electron chi connectivity index (χ1n) is 10.2. The van der Waals surface area contributed by atoms with Crippen LogP contribution in [0, 0.1) is 0 Å². The third-order valence-electron chi connectivity index (χ3n) is 5.14. The summed E-state index contributed by atoms with van der Waals surface area (Å²) in [5, 5.41) is 17.6. The van der Waals surface area contributed by atoms with Gasteiger partial charge in [-0.05, 0) is 42.6 Å². The monoisotopic (exact) mass is 464 g/mol. The zero-order valence-electron chi connectivity index (χ0n) is 17.3. The van der Waals surface area contributed by atoms with Crippen molar-refractivity contribution in [3.05, 3.63) is 71.1 Å². The Hall–Kier alpha value is -3.24. The van der Waals surface area contributed by atoms with E-state index in [1.807, 2.05) is 53.3 Å². The first-order valence-corrected chi connectivity index (χ1v) is 12.0. The van der Waals surface area contributed by atoms with E-state index in [1.54, 1.807) is 35.0 Å². The summed E-state index contributed by atoms with van der Waals surface area (Å²) in [5.41, 5.74) is 1.84. The van der Waals surface area contributed by atoms with Crippen LogP contribution < -0.4 is 0 Å². The zero-order chi connectivity index (χ0) is 21.9. The lowest BCUT2D eigenvalue weighted by Gasteiger charge is -2.19. The molecule has 0 aliphatic carbocycles. The molecule has 0 bridgehead atoms. The third-order valence-corrected chi connectivity index (χ3v) is 7.01. The maximum atomic E-state index is 13.2. The van der Waals surface area contributed by atoms with Crippen molar-refractivity contribution in [1.29, 1.82) is 0 Å². The van der Waals surface area contributed by atoms with Gasteiger partial charge >= 0.3 is 0 Å². The maximum Gasteiger partial charge on any atom is 0.253 e. The molecule has 162 valence electrons. The molecule has 0 radical (unpaired) electrons. The number of aromatic nitrogens is 4. The molecule has 8 nitrogen and oxygen atoms in total. The molecule has 1 atom stereocenters. The van der Waals surface area contributed by atoms with E-state index in [1.165, 1.54) is 11.8 Å². The summed E-state index contributed by atoms with van der Waals surface area (Å²) in [6, 6.07) is 11.3. The van der Waals surface area contributed by atoms with Crippen LogP contribution in [0.2, 0.25) is 0 Å². The fraction of sp³-hybridized carbons (Fsp3) is 0.227. The van der Waals surface area contributed by atoms with Crippen LogP contribution in [-0.2, 0) is 11.3 Å². The quantitative estimate of drug-likeness (QED) is 0.375. The number of carbonyl (C=O) groups is 1. The minimum Gasteiger partial charge on any atom is -0.467 e. The molecule has 0 N–H and O–H groups in total. The summed E-state index contributed by atoms with van der Waals surface area (Å²) in [4.78, 5) is 18.3. The van der Waals surface area contributed by atoms with Crippen molar-refractivity contribution in [2.75, 3.05) is 5.75 Å². The Morgan fingerprint density at radius 1 is 1.22 bits per heavy atom. The van der Waals surface area contributed by atoms with Gasteiger partial charge in [-0.2, -0.15) is 5.10 Å². The number of hydrazone groups is 1. The summed E-state index contributed by atoms with van der Waals surface area (Å²) in [6.07, 6.45) is 5.71. The van der Waals surface area contributed by atoms with Gasteiger partial charge in [-0.15, -0.1) is 21.5 Å². The molecule has 4 aromatic heterocycles. The second kappa shape index (κ2) is 9.09. The van der Waals surface area contributed by atoms with Crippen LogP contribution in [0.4, 0.5) is 0 Å². The maximum absolute atomic E-state index is 13.2. The normalized spacial score (nSPS) is 15.8. The SMILES string of the molecule is CCn1c(SCC(=O)N2N=C(c3cccs3)CC2c2ccco2)nnc1-c1ccncc1. The minimum absolute atomic E-state index is 0.0981. The molecular formula is C22H20N6O2S2. The van der Waals surface area contributed by atoms with Gasteiger partial charge < -0.3 is 8.98 Å². The van der Waals surface area contributed by atoms with Crippen molar-refractivity contribution in [1.82, 2.24) is 24.8 Å². The third kappa shape index (κ3) is 3.98. The van der Waals surface area contributed by atoms with Gasteiger partial charge in [0, 0.05) is 30.9 Å². The molecule has 5 heterocycles. The Balaban J connectivity index is 1.35. The molecule has 0 spiro atoms. The average molecular weight is 465 g/mol. The van der Waals surface area contributed by atoms with Crippen LogP contribution in [0.3, 0.4) is 0 Å². The number of thioether (sulfide) groups is 1. The van der Waals surface area contributed by atoms with E-state index >= 15 is 0 Å². The molecule has 5 rings (SSSR count). The van der Waals surface area contributed by atoms with Gasteiger partial charge in [0.05, 0.1) is 22.6 Å². The summed E-state index contributed by atoms with van der Waals surface area (Å²) in [6.45, 7) is 2.73. The smallest absolute Gasteiger partial charge is 0.253 e. The van der Waals surface area contributed by atoms with E-state index < -0.39 is 0 Å². The van der Waals surface area contributed by atoms with Crippen molar-refractivity contribution in [3.8, 4) is 11.4 Å². The highest BCUT2D eigenvalue weighted by molar-refractivity contribution is 7.99. The standard InChI is InChI=1S/C22H20N6O2S2/c1-2-27-21(15-7-9-23-10-8-15)24-25-22(27)32-14-20(29)28-17(18-5-3-11-30-18)13-16(26-28)19-6-4-12-31-19/h3-12,17H,2,13-14H2,1H3. The van der Waals surface area contributed by atoms with Crippen LogP contribution in [0.1, 0.15) is 30.0 Å². The molecule has 32 heavy (non-hydrogen) atoms. The largest absolute Gasteiger partial charge is 0.467 e. The number of hydrogen-bond donors (Lipinski definition) is 0. The predicted octanol–water partition coefficient (Wildman–Crippen LogP) is 4.48. The van der Waals surface area contributed by atoms with E-state index in [0.29, 0.717) is 18.1 Å². The van der Waals surface area contributed by atoms with Gasteiger partial charge in [-0.1, -0.05) is 17.8 Å². The number of furan rings is 1. The second-order valence-corrected chi connectivity index (χ2v) is 8.96. The second-order valence-electron chi connectivity index (χ2n) is 7.07. The number of nitrogens with zero attached hydrogens (tertiary/aromatic N) is 6. The lowest BCUT2D eigenvalue weighted by molar-refractivity contribution is -0.130. The van der Waals surface area contributed by atoms with Crippen LogP contribution in [0.5, 0.6) is 0 Å². The fourth-order valence-corrected chi connectivity index (χ4v) is 5.20. The molecule has 1 amide bonds. The number of hydrogen-bond acceptors (Lipinski definition) is 8. The van der Waals surface area contributed by atoms with Crippen molar-refractivity contribution < 1.29 is 9.21 Å². The Morgan fingerprint density at radius 2 is 2.09 bits per heavy atom. The number of pyridine rings is 1. The van der Waals surface area contributed by atoms with E-state index in [-0.39, 0.29) is 17.7 Å². The van der Waals surface area contributed by atoms with Gasteiger partial charge in [0.1, 0.15) is 11.8 Å². The fourth-order valence-electron chi connectivity index (χ4n) is 3.62. The lowest BCUT2D eigenvalue weighted by atomic mass is 10.1. The van der Waals surface area contributed by atoms with Crippen LogP contribution in [0.25, 0.3) is 11.4 Å². The number of rotatable bonds is 7. The predicted molar refractivity (Wildman–Crippen MR) is 123 cm³/mol. The lowest BCUT2D eigenvalue weighted by Crippen LogP contribution is -2.28. The topological polar surface area (TPSA) is 89.4 Å². The van der Waals surface area contributed by atoms with Crippen molar-refractivity contribution in [2.24, 2.45) is 5.10 Å². The van der Waals surface area contributed by atoms with Gasteiger partial charge in [0.2, 0.25) is 0 Å². The van der Waals surface area contributed by atoms with Crippen molar-refractivity contribution in [3.63, 3.8) is 0 Å². The highest BCUT2D eigenvalue weighted by atomic mass is 32.2. The molecule has 1 aliphatic heterocycles. The van der Waals surface area contributed by atoms with E-state index in [2.05, 4.69) is 20.3 Å². The van der Waals surface area contributed by atoms with Gasteiger partial charge in [0.15, 0.2) is 11.0 Å². The molecule has 0 saturated heterocycles. The van der Waals surface area contributed by atoms with Crippen LogP contribution in [0.15, 0.2) is 75.1 Å². The summed E-state index contributed by atoms with van der Waals surface area (Å²) in [7, 11) is 0. The number of thiophene rings is 1. The average Bonchev–Trinajstić information content (AvgIpc) is 3.63. The van der Waals surface area contributed by atoms with Crippen LogP contribution >= 0.6 is 23.1 Å². The van der Waals surface area contributed by atoms with E-state index in [9.17, 15) is 4.79 Å². The van der Waals surface area contributed by atoms with Gasteiger partial charge in [-0.3, -0.25) is 9.78 Å². The summed E-state index contributed by atoms with van der Waals surface area (Å²) >= 11 is 2.98. The highest BCUT2D eigenvalue weighted by Gasteiger charge is 2.35. The molecule has 10 heteroatoms. The molecule has 0 fully saturated rings. The molecule has 4 aromatic rings. The molecule has 1 aliphatic rings. The Morgan fingerprint density at radius 3 is 2.81 bits per heavy atom. The molecule has 0 saturated carbocycles. The first kappa shape index (κ1) is 20.7. The zero-order valence-corrected chi connectivity index (χ0v) is 18.9. The first-order chi connectivity index (χ1) is 15.7. The molecule has 0 aromatic carbocycles. The number of carbonyl (C=O) groups excluding carboxylic acids is 1. The summed E-state index contributed by atoms with van der Waals surface area (Å²) in [5.74, 6) is 1.60.